The Morgan fingerprint density at radius 2 is 2.32 bits per heavy atom. The minimum atomic E-state index is -0.491. The van der Waals surface area contributed by atoms with Gasteiger partial charge < -0.3 is 19.2 Å². The number of oxazole rings is 1. The summed E-state index contributed by atoms with van der Waals surface area (Å²) in [5.74, 6) is -0.491. The number of carbonyl (C=O) groups excluding carboxylic acids is 1. The van der Waals surface area contributed by atoms with Crippen molar-refractivity contribution in [3.63, 3.8) is 0 Å². The first-order valence-corrected chi connectivity index (χ1v) is 6.67. The van der Waals surface area contributed by atoms with E-state index in [1.807, 2.05) is 7.05 Å². The summed E-state index contributed by atoms with van der Waals surface area (Å²) in [5, 5.41) is 10.00. The molecule has 1 aromatic rings. The van der Waals surface area contributed by atoms with E-state index in [9.17, 15) is 9.90 Å². The molecule has 1 aromatic heterocycles. The van der Waals surface area contributed by atoms with Crippen LogP contribution < -0.4 is 4.90 Å². The average Bonchev–Trinajstić information content (AvgIpc) is 2.88. The highest BCUT2D eigenvalue weighted by molar-refractivity contribution is 5.87. The lowest BCUT2D eigenvalue weighted by atomic mass is 9.92. The second-order valence-corrected chi connectivity index (χ2v) is 4.77. The van der Waals surface area contributed by atoms with Gasteiger partial charge in [-0.05, 0) is 19.8 Å². The molecule has 0 radical (unpaired) electrons. The number of aromatic nitrogens is 1. The lowest BCUT2D eigenvalue weighted by molar-refractivity contribution is 0.0519. The molecule has 6 heteroatoms. The van der Waals surface area contributed by atoms with Crippen LogP contribution in [-0.4, -0.2) is 41.9 Å². The van der Waals surface area contributed by atoms with Gasteiger partial charge in [-0.1, -0.05) is 12.8 Å². The van der Waals surface area contributed by atoms with Crippen LogP contribution in [0, 0.1) is 0 Å². The zero-order valence-corrected chi connectivity index (χ0v) is 11.3. The molecule has 0 spiro atoms. The Hall–Kier alpha value is -1.56. The monoisotopic (exact) mass is 268 g/mol. The maximum Gasteiger partial charge on any atom is 0.360 e. The average molecular weight is 268 g/mol. The second kappa shape index (κ2) is 6.06. The third kappa shape index (κ3) is 3.07. The van der Waals surface area contributed by atoms with Gasteiger partial charge in [0.1, 0.15) is 6.26 Å². The molecule has 1 aliphatic carbocycles. The first kappa shape index (κ1) is 13.9. The van der Waals surface area contributed by atoms with Gasteiger partial charge in [0.2, 0.25) is 0 Å². The first-order chi connectivity index (χ1) is 9.13. The molecule has 0 aromatic carbocycles. The van der Waals surface area contributed by atoms with Gasteiger partial charge in [-0.25, -0.2) is 4.79 Å². The first-order valence-electron chi connectivity index (χ1n) is 6.67. The molecular formula is C13H20N2O4. The van der Waals surface area contributed by atoms with E-state index in [0.717, 1.165) is 25.7 Å². The van der Waals surface area contributed by atoms with Crippen LogP contribution in [0.3, 0.4) is 0 Å². The number of likely N-dealkylation sites (N-methyl/N-ethyl adjacent to an activating group) is 1. The van der Waals surface area contributed by atoms with Crippen LogP contribution in [-0.2, 0) is 4.74 Å². The van der Waals surface area contributed by atoms with Crippen LogP contribution in [0.4, 0.5) is 6.01 Å². The van der Waals surface area contributed by atoms with E-state index in [0.29, 0.717) is 12.6 Å². The van der Waals surface area contributed by atoms with Crippen LogP contribution >= 0.6 is 0 Å². The number of aliphatic hydroxyl groups excluding tert-OH is 1. The van der Waals surface area contributed by atoms with Crippen molar-refractivity contribution in [2.75, 3.05) is 18.6 Å². The topological polar surface area (TPSA) is 75.8 Å². The van der Waals surface area contributed by atoms with Crippen LogP contribution in [0.15, 0.2) is 10.7 Å². The van der Waals surface area contributed by atoms with Crippen LogP contribution in [0.5, 0.6) is 0 Å². The molecule has 6 nitrogen and oxygen atoms in total. The minimum Gasteiger partial charge on any atom is -0.461 e. The summed E-state index contributed by atoms with van der Waals surface area (Å²) in [7, 11) is 1.82. The standard InChI is InChI=1S/C13H20N2O4/c1-3-18-12(17)9-8-19-13(14-9)15(2)10-6-4-5-7-11(10)16/h8,10-11,16H,3-7H2,1-2H3. The molecule has 1 heterocycles. The van der Waals surface area contributed by atoms with E-state index in [1.54, 1.807) is 11.8 Å². The quantitative estimate of drug-likeness (QED) is 0.836. The Bertz CT molecular complexity index is 432. The van der Waals surface area contributed by atoms with Crippen molar-refractivity contribution in [2.45, 2.75) is 44.8 Å². The largest absolute Gasteiger partial charge is 0.461 e. The lowest BCUT2D eigenvalue weighted by Gasteiger charge is -2.34. The summed E-state index contributed by atoms with van der Waals surface area (Å²) in [5.41, 5.74) is 0.161. The van der Waals surface area contributed by atoms with Crippen LogP contribution in [0.1, 0.15) is 43.1 Å². The summed E-state index contributed by atoms with van der Waals surface area (Å²) < 4.78 is 10.2. The molecule has 2 unspecified atom stereocenters. The van der Waals surface area contributed by atoms with E-state index < -0.39 is 5.97 Å². The predicted octanol–water partition coefficient (Wildman–Crippen LogP) is 1.59. The Morgan fingerprint density at radius 1 is 1.58 bits per heavy atom. The highest BCUT2D eigenvalue weighted by atomic mass is 16.5. The summed E-state index contributed by atoms with van der Waals surface area (Å²) in [6.45, 7) is 2.04. The van der Waals surface area contributed by atoms with E-state index in [2.05, 4.69) is 4.98 Å². The van der Waals surface area contributed by atoms with Gasteiger partial charge in [-0.2, -0.15) is 4.98 Å². The van der Waals surface area contributed by atoms with E-state index in [4.69, 9.17) is 9.15 Å². The minimum absolute atomic E-state index is 0.0116. The summed E-state index contributed by atoms with van der Waals surface area (Å²) in [6.07, 6.45) is 4.73. The number of ether oxygens (including phenoxy) is 1. The highest BCUT2D eigenvalue weighted by Crippen LogP contribution is 2.26. The smallest absolute Gasteiger partial charge is 0.360 e. The molecule has 1 aliphatic rings. The molecule has 2 rings (SSSR count). The van der Waals surface area contributed by atoms with Gasteiger partial charge in [0.25, 0.3) is 6.01 Å². The van der Waals surface area contributed by atoms with Crippen molar-refractivity contribution in [3.05, 3.63) is 12.0 Å². The van der Waals surface area contributed by atoms with Crippen LogP contribution in [0.2, 0.25) is 0 Å². The Balaban J connectivity index is 2.06. The number of nitrogens with zero attached hydrogens (tertiary/aromatic N) is 2. The number of rotatable bonds is 4. The maximum absolute atomic E-state index is 11.5. The molecule has 2 atom stereocenters. The normalized spacial score (nSPS) is 23.1. The third-order valence-corrected chi connectivity index (χ3v) is 3.47. The molecular weight excluding hydrogens is 248 g/mol. The van der Waals surface area contributed by atoms with E-state index in [1.165, 1.54) is 6.26 Å². The van der Waals surface area contributed by atoms with Gasteiger partial charge in [-0.3, -0.25) is 0 Å². The molecule has 0 saturated heterocycles. The zero-order valence-electron chi connectivity index (χ0n) is 11.3. The predicted molar refractivity (Wildman–Crippen MR) is 69.1 cm³/mol. The molecule has 1 saturated carbocycles. The van der Waals surface area contributed by atoms with Crippen molar-refractivity contribution < 1.29 is 19.1 Å². The van der Waals surface area contributed by atoms with E-state index in [-0.39, 0.29) is 17.8 Å². The zero-order chi connectivity index (χ0) is 13.8. The fourth-order valence-electron chi connectivity index (χ4n) is 2.41. The summed E-state index contributed by atoms with van der Waals surface area (Å²) >= 11 is 0. The molecule has 0 aliphatic heterocycles. The van der Waals surface area contributed by atoms with Crippen molar-refractivity contribution in [3.8, 4) is 0 Å². The number of hydrogen-bond donors (Lipinski definition) is 1. The van der Waals surface area contributed by atoms with Crippen molar-refractivity contribution in [1.29, 1.82) is 0 Å². The van der Waals surface area contributed by atoms with Gasteiger partial charge in [-0.15, -0.1) is 0 Å². The maximum atomic E-state index is 11.5. The summed E-state index contributed by atoms with van der Waals surface area (Å²) in [6, 6.07) is 0.330. The van der Waals surface area contributed by atoms with Crippen molar-refractivity contribution in [1.82, 2.24) is 4.98 Å². The number of aliphatic hydroxyl groups is 1. The van der Waals surface area contributed by atoms with Crippen molar-refractivity contribution >= 4 is 12.0 Å². The molecule has 1 N–H and O–H groups in total. The van der Waals surface area contributed by atoms with Gasteiger partial charge >= 0.3 is 5.97 Å². The van der Waals surface area contributed by atoms with Crippen molar-refractivity contribution in [2.24, 2.45) is 0 Å². The molecule has 106 valence electrons. The molecule has 0 amide bonds. The molecule has 1 fully saturated rings. The Morgan fingerprint density at radius 3 is 3.00 bits per heavy atom. The molecule has 0 bridgehead atoms. The number of anilines is 1. The summed E-state index contributed by atoms with van der Waals surface area (Å²) in [4.78, 5) is 17.4. The third-order valence-electron chi connectivity index (χ3n) is 3.47. The van der Waals surface area contributed by atoms with Gasteiger partial charge in [0.05, 0.1) is 18.8 Å². The van der Waals surface area contributed by atoms with Gasteiger partial charge in [0.15, 0.2) is 5.69 Å². The molecule has 19 heavy (non-hydrogen) atoms. The fourth-order valence-corrected chi connectivity index (χ4v) is 2.41. The Labute approximate surface area is 112 Å². The van der Waals surface area contributed by atoms with Gasteiger partial charge in [0, 0.05) is 7.05 Å². The Kier molecular flexibility index (Phi) is 4.42. The second-order valence-electron chi connectivity index (χ2n) is 4.77. The number of esters is 1. The fraction of sp³-hybridized carbons (Fsp3) is 0.692. The SMILES string of the molecule is CCOC(=O)c1coc(N(C)C2CCCCC2O)n1. The number of carbonyl (C=O) groups is 1. The lowest BCUT2D eigenvalue weighted by Crippen LogP contribution is -2.43. The number of hydrogen-bond acceptors (Lipinski definition) is 6. The van der Waals surface area contributed by atoms with Crippen LogP contribution in [0.25, 0.3) is 0 Å². The van der Waals surface area contributed by atoms with E-state index >= 15 is 0 Å². The highest BCUT2D eigenvalue weighted by Gasteiger charge is 2.29.